The van der Waals surface area contributed by atoms with Gasteiger partial charge in [0.25, 0.3) is 5.56 Å². The molecular formula is C16H22N4O3. The minimum atomic E-state index is -0.390. The van der Waals surface area contributed by atoms with E-state index in [4.69, 9.17) is 4.52 Å². The van der Waals surface area contributed by atoms with Crippen molar-refractivity contribution in [3.63, 3.8) is 0 Å². The molecule has 0 unspecified atom stereocenters. The summed E-state index contributed by atoms with van der Waals surface area (Å²) in [6.07, 6.45) is 6.77. The third-order valence-corrected chi connectivity index (χ3v) is 4.45. The Labute approximate surface area is 134 Å². The van der Waals surface area contributed by atoms with Crippen LogP contribution >= 0.6 is 0 Å². The minimum absolute atomic E-state index is 0.0853. The first-order valence-electron chi connectivity index (χ1n) is 8.19. The highest BCUT2D eigenvalue weighted by molar-refractivity contribution is 5.82. The third kappa shape index (κ3) is 3.28. The molecule has 0 bridgehead atoms. The van der Waals surface area contributed by atoms with E-state index in [0.29, 0.717) is 16.8 Å². The van der Waals surface area contributed by atoms with Crippen LogP contribution < -0.4 is 10.9 Å². The zero-order chi connectivity index (χ0) is 16.4. The molecule has 0 aromatic carbocycles. The second-order valence-electron chi connectivity index (χ2n) is 6.27. The summed E-state index contributed by atoms with van der Waals surface area (Å²) in [4.78, 5) is 24.6. The summed E-state index contributed by atoms with van der Waals surface area (Å²) in [5.74, 6) is 0.391. The molecule has 0 saturated heterocycles. The van der Waals surface area contributed by atoms with Crippen LogP contribution in [-0.2, 0) is 11.3 Å². The summed E-state index contributed by atoms with van der Waals surface area (Å²) in [6, 6.07) is 0.208. The molecule has 2 aromatic heterocycles. The van der Waals surface area contributed by atoms with Gasteiger partial charge in [-0.2, -0.15) is 5.10 Å². The zero-order valence-electron chi connectivity index (χ0n) is 13.6. The van der Waals surface area contributed by atoms with Crippen molar-refractivity contribution < 1.29 is 9.32 Å². The van der Waals surface area contributed by atoms with Gasteiger partial charge in [0.05, 0.1) is 11.1 Å². The predicted octanol–water partition coefficient (Wildman–Crippen LogP) is 1.84. The number of carbonyl (C=O) groups excluding carboxylic acids is 1. The van der Waals surface area contributed by atoms with Crippen LogP contribution in [0.4, 0.5) is 0 Å². The number of rotatable bonds is 3. The average Bonchev–Trinajstić information content (AvgIpc) is 2.72. The molecule has 1 aliphatic carbocycles. The van der Waals surface area contributed by atoms with Gasteiger partial charge in [0, 0.05) is 6.04 Å². The van der Waals surface area contributed by atoms with Crippen LogP contribution in [0.5, 0.6) is 0 Å². The maximum Gasteiger partial charge on any atom is 0.297 e. The largest absolute Gasteiger partial charge is 0.360 e. The van der Waals surface area contributed by atoms with Gasteiger partial charge in [0.15, 0.2) is 5.52 Å². The molecule has 2 heterocycles. The molecule has 124 valence electrons. The van der Waals surface area contributed by atoms with Crippen LogP contribution in [0.25, 0.3) is 10.9 Å². The number of aryl methyl sites for hydroxylation is 2. The zero-order valence-corrected chi connectivity index (χ0v) is 13.6. The van der Waals surface area contributed by atoms with Crippen molar-refractivity contribution in [3.05, 3.63) is 21.8 Å². The van der Waals surface area contributed by atoms with Crippen molar-refractivity contribution in [1.82, 2.24) is 20.3 Å². The Kier molecular flexibility index (Phi) is 4.45. The summed E-state index contributed by atoms with van der Waals surface area (Å²) in [5, 5.41) is 11.7. The lowest BCUT2D eigenvalue weighted by molar-refractivity contribution is -0.122. The maximum atomic E-state index is 12.4. The van der Waals surface area contributed by atoms with Gasteiger partial charge in [-0.25, -0.2) is 4.68 Å². The minimum Gasteiger partial charge on any atom is -0.360 e. The number of fused-ring (bicyclic) bond motifs is 1. The normalized spacial score (nSPS) is 16.4. The van der Waals surface area contributed by atoms with Gasteiger partial charge in [-0.05, 0) is 26.7 Å². The number of hydrogen-bond donors (Lipinski definition) is 1. The van der Waals surface area contributed by atoms with Crippen LogP contribution in [0.3, 0.4) is 0 Å². The van der Waals surface area contributed by atoms with Gasteiger partial charge < -0.3 is 9.84 Å². The smallest absolute Gasteiger partial charge is 0.297 e. The first kappa shape index (κ1) is 15.7. The van der Waals surface area contributed by atoms with Crippen LogP contribution in [0, 0.1) is 13.8 Å². The average molecular weight is 318 g/mol. The lowest BCUT2D eigenvalue weighted by Gasteiger charge is -2.16. The van der Waals surface area contributed by atoms with Crippen molar-refractivity contribution in [1.29, 1.82) is 0 Å². The van der Waals surface area contributed by atoms with Gasteiger partial charge in [-0.15, -0.1) is 0 Å². The molecule has 0 aliphatic heterocycles. The number of nitrogens with zero attached hydrogens (tertiary/aromatic N) is 3. The van der Waals surface area contributed by atoms with Gasteiger partial charge in [0.2, 0.25) is 5.91 Å². The lowest BCUT2D eigenvalue weighted by Crippen LogP contribution is -2.39. The van der Waals surface area contributed by atoms with Crippen LogP contribution in [-0.4, -0.2) is 26.9 Å². The molecule has 3 rings (SSSR count). The molecule has 0 spiro atoms. The lowest BCUT2D eigenvalue weighted by atomic mass is 10.1. The first-order chi connectivity index (χ1) is 11.1. The van der Waals surface area contributed by atoms with Gasteiger partial charge >= 0.3 is 0 Å². The molecule has 1 amide bonds. The van der Waals surface area contributed by atoms with E-state index in [9.17, 15) is 9.59 Å². The fourth-order valence-corrected chi connectivity index (χ4v) is 3.28. The second kappa shape index (κ2) is 6.52. The number of amides is 1. The molecule has 1 saturated carbocycles. The van der Waals surface area contributed by atoms with E-state index in [2.05, 4.69) is 15.6 Å². The maximum absolute atomic E-state index is 12.4. The summed E-state index contributed by atoms with van der Waals surface area (Å²) in [7, 11) is 0. The topological polar surface area (TPSA) is 90.0 Å². The van der Waals surface area contributed by atoms with Gasteiger partial charge in [-0.3, -0.25) is 9.59 Å². The fraction of sp³-hybridized carbons (Fsp3) is 0.625. The summed E-state index contributed by atoms with van der Waals surface area (Å²) < 4.78 is 6.24. The van der Waals surface area contributed by atoms with Crippen molar-refractivity contribution in [2.45, 2.75) is 65.0 Å². The molecular weight excluding hydrogens is 296 g/mol. The van der Waals surface area contributed by atoms with Crippen LogP contribution in [0.15, 0.2) is 9.32 Å². The first-order valence-corrected chi connectivity index (χ1v) is 8.19. The van der Waals surface area contributed by atoms with Crippen LogP contribution in [0.1, 0.15) is 50.0 Å². The number of aromatic nitrogens is 3. The Morgan fingerprint density at radius 1 is 1.26 bits per heavy atom. The Hall–Kier alpha value is -2.18. The third-order valence-electron chi connectivity index (χ3n) is 4.45. The molecule has 0 radical (unpaired) electrons. The highest BCUT2D eigenvalue weighted by Gasteiger charge is 2.18. The highest BCUT2D eigenvalue weighted by Crippen LogP contribution is 2.18. The Balaban J connectivity index is 1.77. The Morgan fingerprint density at radius 2 is 1.96 bits per heavy atom. The fourth-order valence-electron chi connectivity index (χ4n) is 3.28. The van der Waals surface area contributed by atoms with Crippen molar-refractivity contribution in [2.24, 2.45) is 0 Å². The molecule has 7 heteroatoms. The highest BCUT2D eigenvalue weighted by atomic mass is 16.5. The van der Waals surface area contributed by atoms with E-state index in [1.165, 1.54) is 17.5 Å². The quantitative estimate of drug-likeness (QED) is 0.872. The molecule has 0 atom stereocenters. The SMILES string of the molecule is Cc1nn(CC(=O)NC2CCCCCC2)c(=O)c2noc(C)c12. The van der Waals surface area contributed by atoms with E-state index in [1.807, 2.05) is 0 Å². The molecule has 23 heavy (non-hydrogen) atoms. The van der Waals surface area contributed by atoms with E-state index in [0.717, 1.165) is 25.7 Å². The standard InChI is InChI=1S/C16H22N4O3/c1-10-14-11(2)23-19-15(14)16(22)20(18-10)9-13(21)17-12-7-5-3-4-6-8-12/h12H,3-9H2,1-2H3,(H,17,21). The van der Waals surface area contributed by atoms with Gasteiger partial charge in [0.1, 0.15) is 12.3 Å². The summed E-state index contributed by atoms with van der Waals surface area (Å²) in [5.41, 5.74) is 0.483. The van der Waals surface area contributed by atoms with Crippen molar-refractivity contribution in [2.75, 3.05) is 0 Å². The van der Waals surface area contributed by atoms with Crippen LogP contribution in [0.2, 0.25) is 0 Å². The molecule has 1 fully saturated rings. The van der Waals surface area contributed by atoms with E-state index in [1.54, 1.807) is 13.8 Å². The Morgan fingerprint density at radius 3 is 2.65 bits per heavy atom. The number of carbonyl (C=O) groups is 1. The second-order valence-corrected chi connectivity index (χ2v) is 6.27. The van der Waals surface area contributed by atoms with Gasteiger partial charge in [-0.1, -0.05) is 30.8 Å². The van der Waals surface area contributed by atoms with Crippen molar-refractivity contribution >= 4 is 16.8 Å². The van der Waals surface area contributed by atoms with E-state index in [-0.39, 0.29) is 24.0 Å². The molecule has 7 nitrogen and oxygen atoms in total. The summed E-state index contributed by atoms with van der Waals surface area (Å²) in [6.45, 7) is 3.44. The Bertz CT molecular complexity index is 769. The number of nitrogens with one attached hydrogen (secondary N) is 1. The van der Waals surface area contributed by atoms with Crippen molar-refractivity contribution in [3.8, 4) is 0 Å². The summed E-state index contributed by atoms with van der Waals surface area (Å²) >= 11 is 0. The monoisotopic (exact) mass is 318 g/mol. The van der Waals surface area contributed by atoms with E-state index < -0.39 is 5.56 Å². The predicted molar refractivity (Wildman–Crippen MR) is 85.2 cm³/mol. The molecule has 1 aliphatic rings. The number of hydrogen-bond acceptors (Lipinski definition) is 5. The van der Waals surface area contributed by atoms with E-state index >= 15 is 0 Å². The molecule has 2 aromatic rings. The molecule has 1 N–H and O–H groups in total.